The van der Waals surface area contributed by atoms with Gasteiger partial charge in [0.2, 0.25) is 0 Å². The van der Waals surface area contributed by atoms with Crippen LogP contribution < -0.4 is 21.3 Å². The Balaban J connectivity index is 1.30. The van der Waals surface area contributed by atoms with Crippen LogP contribution in [0.3, 0.4) is 0 Å². The minimum absolute atomic E-state index is 0.0407. The molecular formula is C23H26ClFN6OS. The Morgan fingerprint density at radius 2 is 1.82 bits per heavy atom. The lowest BCUT2D eigenvalue weighted by molar-refractivity contribution is 0.0384. The highest BCUT2D eigenvalue weighted by molar-refractivity contribution is 8.04. The standard InChI is InChI=1S/C23H26ClFN6OS/c24-18-13-17(5-6-19(18)25)30-14-28-22-20(21(30)26)33-23(27)31(22)16-3-1-15(2-4-16)7-8-29-9-11-32-12-10-29/h1-6,13-14,21,23H,7-12,26-27H2. The molecule has 2 aromatic rings. The molecule has 33 heavy (non-hydrogen) atoms. The summed E-state index contributed by atoms with van der Waals surface area (Å²) in [5, 5.41) is 0.0407. The molecule has 0 radical (unpaired) electrons. The number of morpholine rings is 1. The van der Waals surface area contributed by atoms with E-state index in [2.05, 4.69) is 34.2 Å². The third kappa shape index (κ3) is 4.62. The highest BCUT2D eigenvalue weighted by Gasteiger charge is 2.38. The summed E-state index contributed by atoms with van der Waals surface area (Å²) in [5.74, 6) is 0.269. The Labute approximate surface area is 201 Å². The zero-order valence-corrected chi connectivity index (χ0v) is 19.6. The van der Waals surface area contributed by atoms with E-state index in [9.17, 15) is 4.39 Å². The monoisotopic (exact) mass is 488 g/mol. The number of hydrogen-bond acceptors (Lipinski definition) is 8. The zero-order valence-electron chi connectivity index (χ0n) is 18.0. The number of halogens is 2. The molecule has 3 aliphatic heterocycles. The van der Waals surface area contributed by atoms with E-state index < -0.39 is 12.0 Å². The van der Waals surface area contributed by atoms with Gasteiger partial charge in [0.1, 0.15) is 23.3 Å². The molecule has 0 saturated carbocycles. The second-order valence-corrected chi connectivity index (χ2v) is 9.70. The van der Waals surface area contributed by atoms with Crippen LogP contribution in [-0.4, -0.2) is 55.8 Å². The van der Waals surface area contributed by atoms with E-state index in [0.717, 1.165) is 55.7 Å². The van der Waals surface area contributed by atoms with Crippen LogP contribution in [-0.2, 0) is 11.2 Å². The van der Waals surface area contributed by atoms with Crippen LogP contribution in [0.4, 0.5) is 15.8 Å². The molecule has 0 aliphatic carbocycles. The van der Waals surface area contributed by atoms with Crippen LogP contribution in [0, 0.1) is 5.82 Å². The van der Waals surface area contributed by atoms with Crippen LogP contribution in [0.1, 0.15) is 5.56 Å². The van der Waals surface area contributed by atoms with Crippen molar-refractivity contribution in [3.05, 3.63) is 69.6 Å². The highest BCUT2D eigenvalue weighted by atomic mass is 35.5. The highest BCUT2D eigenvalue weighted by Crippen LogP contribution is 2.43. The largest absolute Gasteiger partial charge is 0.379 e. The molecule has 0 bridgehead atoms. The predicted octanol–water partition coefficient (Wildman–Crippen LogP) is 3.15. The van der Waals surface area contributed by atoms with Crippen LogP contribution in [0.5, 0.6) is 0 Å². The number of anilines is 2. The molecule has 174 valence electrons. The van der Waals surface area contributed by atoms with Gasteiger partial charge in [-0.05, 0) is 42.3 Å². The molecule has 10 heteroatoms. The lowest BCUT2D eigenvalue weighted by atomic mass is 10.1. The Morgan fingerprint density at radius 3 is 2.55 bits per heavy atom. The number of thioether (sulfide) groups is 1. The fourth-order valence-electron chi connectivity index (χ4n) is 4.19. The lowest BCUT2D eigenvalue weighted by Gasteiger charge is -2.31. The number of aliphatic imine (C=N–C) groups is 1. The minimum atomic E-state index is -0.493. The maximum Gasteiger partial charge on any atom is 0.150 e. The summed E-state index contributed by atoms with van der Waals surface area (Å²) in [6, 6.07) is 12.9. The lowest BCUT2D eigenvalue weighted by Crippen LogP contribution is -2.44. The molecule has 0 spiro atoms. The maximum absolute atomic E-state index is 13.6. The average molecular weight is 489 g/mol. The SMILES string of the molecule is NC1C2=C(N=CN1c1ccc(F)c(Cl)c1)N(c1ccc(CCN3CCOCC3)cc1)C(N)S2. The fraction of sp³-hybridized carbons (Fsp3) is 0.348. The van der Waals surface area contributed by atoms with Crippen molar-refractivity contribution in [3.8, 4) is 0 Å². The van der Waals surface area contributed by atoms with Gasteiger partial charge >= 0.3 is 0 Å². The van der Waals surface area contributed by atoms with Gasteiger partial charge in [-0.25, -0.2) is 9.38 Å². The van der Waals surface area contributed by atoms with Gasteiger partial charge < -0.3 is 21.1 Å². The molecule has 0 aromatic heterocycles. The zero-order chi connectivity index (χ0) is 22.9. The summed E-state index contributed by atoms with van der Waals surface area (Å²) in [7, 11) is 0. The van der Waals surface area contributed by atoms with Gasteiger partial charge in [0.05, 0.1) is 29.5 Å². The van der Waals surface area contributed by atoms with Gasteiger partial charge in [-0.15, -0.1) is 0 Å². The quantitative estimate of drug-likeness (QED) is 0.668. The van der Waals surface area contributed by atoms with E-state index in [1.54, 1.807) is 23.4 Å². The first-order valence-corrected chi connectivity index (χ1v) is 12.1. The Morgan fingerprint density at radius 1 is 1.09 bits per heavy atom. The number of nitrogens with two attached hydrogens (primary N) is 2. The molecule has 1 fully saturated rings. The summed E-state index contributed by atoms with van der Waals surface area (Å²) >= 11 is 7.43. The third-order valence-electron chi connectivity index (χ3n) is 6.06. The van der Waals surface area contributed by atoms with E-state index in [-0.39, 0.29) is 10.5 Å². The first-order chi connectivity index (χ1) is 16.0. The molecule has 2 atom stereocenters. The second kappa shape index (κ2) is 9.61. The van der Waals surface area contributed by atoms with Crippen molar-refractivity contribution in [1.82, 2.24) is 4.90 Å². The number of nitrogens with zero attached hydrogens (tertiary/aromatic N) is 4. The molecule has 2 aromatic carbocycles. The summed E-state index contributed by atoms with van der Waals surface area (Å²) in [4.78, 5) is 11.7. The maximum atomic E-state index is 13.6. The van der Waals surface area contributed by atoms with E-state index in [1.165, 1.54) is 23.4 Å². The molecule has 1 saturated heterocycles. The number of hydrogen-bond donors (Lipinski definition) is 2. The van der Waals surface area contributed by atoms with Gasteiger partial charge in [0.25, 0.3) is 0 Å². The Kier molecular flexibility index (Phi) is 6.60. The van der Waals surface area contributed by atoms with Crippen molar-refractivity contribution in [2.24, 2.45) is 16.5 Å². The molecule has 7 nitrogen and oxygen atoms in total. The minimum Gasteiger partial charge on any atom is -0.379 e. The molecule has 3 aliphatic rings. The van der Waals surface area contributed by atoms with E-state index in [1.807, 2.05) is 4.90 Å². The molecule has 2 unspecified atom stereocenters. The first-order valence-electron chi connectivity index (χ1n) is 10.9. The summed E-state index contributed by atoms with van der Waals surface area (Å²) in [6.07, 6.45) is 2.15. The van der Waals surface area contributed by atoms with Crippen molar-refractivity contribution in [3.63, 3.8) is 0 Å². The number of rotatable bonds is 5. The number of benzene rings is 2. The van der Waals surface area contributed by atoms with E-state index >= 15 is 0 Å². The van der Waals surface area contributed by atoms with Crippen LogP contribution in [0.15, 0.2) is 58.2 Å². The van der Waals surface area contributed by atoms with Gasteiger partial charge in [-0.3, -0.25) is 9.80 Å². The van der Waals surface area contributed by atoms with Gasteiger partial charge in [0.15, 0.2) is 0 Å². The average Bonchev–Trinajstić information content (AvgIpc) is 3.18. The van der Waals surface area contributed by atoms with Crippen LogP contribution in [0.25, 0.3) is 0 Å². The molecule has 0 amide bonds. The van der Waals surface area contributed by atoms with E-state index in [0.29, 0.717) is 5.69 Å². The Bertz CT molecular complexity index is 1080. The van der Waals surface area contributed by atoms with Crippen LogP contribution >= 0.6 is 23.4 Å². The van der Waals surface area contributed by atoms with Crippen molar-refractivity contribution in [2.75, 3.05) is 42.6 Å². The topological polar surface area (TPSA) is 83.3 Å². The third-order valence-corrected chi connectivity index (χ3v) is 7.48. The van der Waals surface area contributed by atoms with Crippen molar-refractivity contribution >= 4 is 41.1 Å². The van der Waals surface area contributed by atoms with Crippen molar-refractivity contribution in [2.45, 2.75) is 18.1 Å². The number of ether oxygens (including phenoxy) is 1. The predicted molar refractivity (Wildman–Crippen MR) is 133 cm³/mol. The van der Waals surface area contributed by atoms with E-state index in [4.69, 9.17) is 27.8 Å². The second-order valence-electron chi connectivity index (χ2n) is 8.13. The summed E-state index contributed by atoms with van der Waals surface area (Å²) < 4.78 is 19.0. The summed E-state index contributed by atoms with van der Waals surface area (Å²) in [5.41, 5.74) is 15.6. The molecule has 5 rings (SSSR count). The summed E-state index contributed by atoms with van der Waals surface area (Å²) in [6.45, 7) is 4.65. The first kappa shape index (κ1) is 22.6. The van der Waals surface area contributed by atoms with Crippen molar-refractivity contribution in [1.29, 1.82) is 0 Å². The van der Waals surface area contributed by atoms with Gasteiger partial charge in [-0.1, -0.05) is 35.5 Å². The van der Waals surface area contributed by atoms with Gasteiger partial charge in [-0.2, -0.15) is 0 Å². The van der Waals surface area contributed by atoms with Crippen molar-refractivity contribution < 1.29 is 9.13 Å². The van der Waals surface area contributed by atoms with Crippen LogP contribution in [0.2, 0.25) is 5.02 Å². The molecular weight excluding hydrogens is 463 g/mol. The fourth-order valence-corrected chi connectivity index (χ4v) is 5.47. The molecule has 4 N–H and O–H groups in total. The molecule has 3 heterocycles. The van der Waals surface area contributed by atoms with Gasteiger partial charge in [0, 0.05) is 31.0 Å². The normalized spacial score (nSPS) is 23.4. The smallest absolute Gasteiger partial charge is 0.150 e. The Hall–Kier alpha value is -2.14.